The topological polar surface area (TPSA) is 58.4 Å². The molecule has 1 amide bonds. The summed E-state index contributed by atoms with van der Waals surface area (Å²) < 4.78 is 0. The van der Waals surface area contributed by atoms with Crippen LogP contribution in [0.25, 0.3) is 0 Å². The lowest BCUT2D eigenvalue weighted by atomic mass is 10.1. The van der Waals surface area contributed by atoms with Crippen LogP contribution in [0.1, 0.15) is 13.8 Å². The number of rotatable bonds is 5. The fraction of sp³-hybridized carbons (Fsp3) is 0.909. The van der Waals surface area contributed by atoms with Crippen molar-refractivity contribution < 1.29 is 4.79 Å². The van der Waals surface area contributed by atoms with Gasteiger partial charge in [-0.2, -0.15) is 11.8 Å². The van der Waals surface area contributed by atoms with Gasteiger partial charge < -0.3 is 11.1 Å². The Balaban J connectivity index is 0. The third-order valence-electron chi connectivity index (χ3n) is 2.85. The van der Waals surface area contributed by atoms with E-state index in [1.165, 1.54) is 11.5 Å². The Morgan fingerprint density at radius 1 is 1.33 bits per heavy atom. The largest absolute Gasteiger partial charge is 0.353 e. The van der Waals surface area contributed by atoms with Crippen LogP contribution in [0, 0.1) is 5.92 Å². The summed E-state index contributed by atoms with van der Waals surface area (Å²) in [5, 5.41) is 2.90. The lowest BCUT2D eigenvalue weighted by Gasteiger charge is -2.26. The van der Waals surface area contributed by atoms with Crippen LogP contribution >= 0.6 is 36.6 Å². The number of hydrogen-bond acceptors (Lipinski definition) is 4. The van der Waals surface area contributed by atoms with E-state index in [1.54, 1.807) is 0 Å². The Bertz CT molecular complexity index is 226. The third kappa shape index (κ3) is 7.69. The highest BCUT2D eigenvalue weighted by atomic mass is 35.5. The Kier molecular flexibility index (Phi) is 12.8. The van der Waals surface area contributed by atoms with E-state index in [-0.39, 0.29) is 42.7 Å². The van der Waals surface area contributed by atoms with Crippen molar-refractivity contribution in [2.75, 3.05) is 37.7 Å². The van der Waals surface area contributed by atoms with Crippen LogP contribution in [-0.2, 0) is 4.79 Å². The van der Waals surface area contributed by atoms with E-state index in [0.717, 1.165) is 19.6 Å². The van der Waals surface area contributed by atoms with Crippen molar-refractivity contribution in [2.24, 2.45) is 11.7 Å². The molecular formula is C11H25Cl2N3OS. The summed E-state index contributed by atoms with van der Waals surface area (Å²) in [6.45, 7) is 7.85. The fourth-order valence-corrected chi connectivity index (χ4v) is 2.56. The third-order valence-corrected chi connectivity index (χ3v) is 3.79. The number of amides is 1. The lowest BCUT2D eigenvalue weighted by Crippen LogP contribution is -2.46. The second-order valence-corrected chi connectivity index (χ2v) is 5.74. The molecule has 1 rings (SSSR count). The molecule has 0 aliphatic carbocycles. The van der Waals surface area contributed by atoms with Gasteiger partial charge in [-0.25, -0.2) is 0 Å². The SMILES string of the molecule is CC(C)[C@H](N)C(=O)NCCN1CCSCC1.Cl.Cl. The molecule has 0 saturated carbocycles. The van der Waals surface area contributed by atoms with E-state index in [0.29, 0.717) is 6.54 Å². The second-order valence-electron chi connectivity index (χ2n) is 4.51. The van der Waals surface area contributed by atoms with Crippen LogP contribution < -0.4 is 11.1 Å². The molecule has 7 heteroatoms. The molecule has 18 heavy (non-hydrogen) atoms. The van der Waals surface area contributed by atoms with Crippen LogP contribution in [0.2, 0.25) is 0 Å². The minimum absolute atomic E-state index is 0. The molecule has 0 bridgehead atoms. The molecule has 0 aromatic carbocycles. The van der Waals surface area contributed by atoms with Gasteiger partial charge in [-0.05, 0) is 5.92 Å². The summed E-state index contributed by atoms with van der Waals surface area (Å²) >= 11 is 2.00. The van der Waals surface area contributed by atoms with Crippen LogP contribution in [0.15, 0.2) is 0 Å². The van der Waals surface area contributed by atoms with Gasteiger partial charge in [0, 0.05) is 37.7 Å². The van der Waals surface area contributed by atoms with Gasteiger partial charge >= 0.3 is 0 Å². The van der Waals surface area contributed by atoms with E-state index < -0.39 is 0 Å². The van der Waals surface area contributed by atoms with E-state index in [2.05, 4.69) is 10.2 Å². The predicted molar refractivity (Wildman–Crippen MR) is 84.1 cm³/mol. The van der Waals surface area contributed by atoms with Crippen molar-refractivity contribution in [3.05, 3.63) is 0 Å². The zero-order valence-corrected chi connectivity index (χ0v) is 13.5. The standard InChI is InChI=1S/C11H23N3OS.2ClH/c1-9(2)10(12)11(15)13-3-4-14-5-7-16-8-6-14;;/h9-10H,3-8,12H2,1-2H3,(H,13,15);2*1H/t10-;;/m0../s1. The number of nitrogens with two attached hydrogens (primary N) is 1. The van der Waals surface area contributed by atoms with Crippen LogP contribution in [-0.4, -0.2) is 54.5 Å². The highest BCUT2D eigenvalue weighted by Gasteiger charge is 2.17. The smallest absolute Gasteiger partial charge is 0.237 e. The summed E-state index contributed by atoms with van der Waals surface area (Å²) in [4.78, 5) is 14.0. The molecule has 110 valence electrons. The Hall–Kier alpha value is 0.320. The zero-order chi connectivity index (χ0) is 12.0. The van der Waals surface area contributed by atoms with Crippen molar-refractivity contribution >= 4 is 42.5 Å². The van der Waals surface area contributed by atoms with E-state index >= 15 is 0 Å². The molecule has 3 N–H and O–H groups in total. The first-order valence-corrected chi connectivity index (χ1v) is 7.10. The Labute approximate surface area is 127 Å². The summed E-state index contributed by atoms with van der Waals surface area (Å²) in [6, 6.07) is -0.378. The normalized spacial score (nSPS) is 17.6. The van der Waals surface area contributed by atoms with E-state index in [9.17, 15) is 4.79 Å². The average molecular weight is 318 g/mol. The maximum absolute atomic E-state index is 11.6. The summed E-state index contributed by atoms with van der Waals surface area (Å²) in [6.07, 6.45) is 0. The van der Waals surface area contributed by atoms with Crippen LogP contribution in [0.4, 0.5) is 0 Å². The molecule has 1 fully saturated rings. The quantitative estimate of drug-likeness (QED) is 0.793. The molecule has 1 aliphatic rings. The highest BCUT2D eigenvalue weighted by molar-refractivity contribution is 7.99. The van der Waals surface area contributed by atoms with Crippen molar-refractivity contribution in [1.29, 1.82) is 0 Å². The van der Waals surface area contributed by atoms with Gasteiger partial charge in [-0.3, -0.25) is 9.69 Å². The number of halogens is 2. The molecule has 4 nitrogen and oxygen atoms in total. The number of nitrogens with one attached hydrogen (secondary N) is 1. The average Bonchev–Trinajstić information content (AvgIpc) is 2.29. The molecule has 0 unspecified atom stereocenters. The maximum Gasteiger partial charge on any atom is 0.237 e. The molecular weight excluding hydrogens is 293 g/mol. The van der Waals surface area contributed by atoms with Crippen molar-refractivity contribution in [1.82, 2.24) is 10.2 Å². The number of carbonyl (C=O) groups is 1. The molecule has 0 aromatic heterocycles. The minimum Gasteiger partial charge on any atom is -0.353 e. The fourth-order valence-electron chi connectivity index (χ4n) is 1.58. The van der Waals surface area contributed by atoms with Gasteiger partial charge in [-0.1, -0.05) is 13.8 Å². The van der Waals surface area contributed by atoms with Crippen LogP contribution in [0.5, 0.6) is 0 Å². The number of carbonyl (C=O) groups excluding carboxylic acids is 1. The lowest BCUT2D eigenvalue weighted by molar-refractivity contribution is -0.123. The van der Waals surface area contributed by atoms with Crippen molar-refractivity contribution in [3.8, 4) is 0 Å². The highest BCUT2D eigenvalue weighted by Crippen LogP contribution is 2.07. The number of hydrogen-bond donors (Lipinski definition) is 2. The molecule has 1 saturated heterocycles. The first-order valence-electron chi connectivity index (χ1n) is 5.94. The Morgan fingerprint density at radius 3 is 2.39 bits per heavy atom. The maximum atomic E-state index is 11.6. The van der Waals surface area contributed by atoms with Crippen LogP contribution in [0.3, 0.4) is 0 Å². The van der Waals surface area contributed by atoms with Gasteiger partial charge in [0.15, 0.2) is 0 Å². The predicted octanol–water partition coefficient (Wildman–Crippen LogP) is 0.978. The Morgan fingerprint density at radius 2 is 1.89 bits per heavy atom. The molecule has 1 heterocycles. The number of thioether (sulfide) groups is 1. The first-order chi connectivity index (χ1) is 7.61. The van der Waals surface area contributed by atoms with Crippen molar-refractivity contribution in [3.63, 3.8) is 0 Å². The van der Waals surface area contributed by atoms with E-state index in [1.807, 2.05) is 25.6 Å². The van der Waals surface area contributed by atoms with Gasteiger partial charge in [0.05, 0.1) is 6.04 Å². The van der Waals surface area contributed by atoms with Crippen molar-refractivity contribution in [2.45, 2.75) is 19.9 Å². The number of nitrogens with zero attached hydrogens (tertiary/aromatic N) is 1. The van der Waals surface area contributed by atoms with Gasteiger partial charge in [0.25, 0.3) is 0 Å². The van der Waals surface area contributed by atoms with Gasteiger partial charge in [0.1, 0.15) is 0 Å². The summed E-state index contributed by atoms with van der Waals surface area (Å²) in [5.41, 5.74) is 5.75. The monoisotopic (exact) mass is 317 g/mol. The summed E-state index contributed by atoms with van der Waals surface area (Å²) in [7, 11) is 0. The molecule has 0 radical (unpaired) electrons. The molecule has 1 atom stereocenters. The molecule has 1 aliphatic heterocycles. The van der Waals surface area contributed by atoms with Gasteiger partial charge in [-0.15, -0.1) is 24.8 Å². The molecule has 0 spiro atoms. The summed E-state index contributed by atoms with van der Waals surface area (Å²) in [5.74, 6) is 2.59. The first kappa shape index (κ1) is 20.6. The minimum atomic E-state index is -0.378. The molecule has 0 aromatic rings. The second kappa shape index (κ2) is 11.2. The van der Waals surface area contributed by atoms with E-state index in [4.69, 9.17) is 5.73 Å². The van der Waals surface area contributed by atoms with Gasteiger partial charge in [0.2, 0.25) is 5.91 Å². The zero-order valence-electron chi connectivity index (χ0n) is 11.1.